The number of hydrogen-bond acceptors (Lipinski definition) is 6. The van der Waals surface area contributed by atoms with E-state index < -0.39 is 5.92 Å². The number of pyridine rings is 1. The summed E-state index contributed by atoms with van der Waals surface area (Å²) >= 11 is 0. The van der Waals surface area contributed by atoms with E-state index in [1.165, 1.54) is 11.2 Å². The number of hydrazone groups is 1. The minimum Gasteiger partial charge on any atom is -0.293 e. The van der Waals surface area contributed by atoms with E-state index in [1.807, 2.05) is 19.9 Å². The van der Waals surface area contributed by atoms with Crippen LogP contribution in [-0.2, 0) is 4.79 Å². The van der Waals surface area contributed by atoms with E-state index in [1.54, 1.807) is 36.1 Å². The molecule has 3 aromatic rings. The zero-order chi connectivity index (χ0) is 18.4. The summed E-state index contributed by atoms with van der Waals surface area (Å²) in [4.78, 5) is 34.3. The highest BCUT2D eigenvalue weighted by Gasteiger charge is 2.41. The lowest BCUT2D eigenvalue weighted by Gasteiger charge is -2.10. The van der Waals surface area contributed by atoms with Gasteiger partial charge in [-0.2, -0.15) is 10.2 Å². The smallest absolute Gasteiger partial charge is 0.259 e. The van der Waals surface area contributed by atoms with Gasteiger partial charge in [-0.05, 0) is 32.0 Å². The molecule has 8 nitrogen and oxygen atoms in total. The molecule has 3 aromatic heterocycles. The fraction of sp³-hybridized carbons (Fsp3) is 0.222. The standard InChI is InChI=1S/C18H16N6O2/c1-10-8-11(2)24-17(21-10)13(9-20-24)16(25)14-15(22-23(3)18(14)26)12-4-6-19-7-5-12/h4-9,14H,1-3H3/t14-/m0/s1. The van der Waals surface area contributed by atoms with Gasteiger partial charge in [0.25, 0.3) is 5.91 Å². The van der Waals surface area contributed by atoms with Crippen LogP contribution in [0.4, 0.5) is 0 Å². The predicted octanol–water partition coefficient (Wildman–Crippen LogP) is 1.42. The van der Waals surface area contributed by atoms with Crippen LogP contribution in [0.3, 0.4) is 0 Å². The maximum Gasteiger partial charge on any atom is 0.259 e. The Morgan fingerprint density at radius 1 is 1.19 bits per heavy atom. The molecule has 0 aromatic carbocycles. The minimum absolute atomic E-state index is 0.312. The summed E-state index contributed by atoms with van der Waals surface area (Å²) in [6, 6.07) is 5.34. The fourth-order valence-electron chi connectivity index (χ4n) is 3.16. The summed E-state index contributed by atoms with van der Waals surface area (Å²) in [5.41, 5.74) is 3.50. The van der Waals surface area contributed by atoms with Gasteiger partial charge in [-0.25, -0.2) is 14.5 Å². The lowest BCUT2D eigenvalue weighted by Crippen LogP contribution is -2.32. The number of carbonyl (C=O) groups is 2. The molecule has 0 N–H and O–H groups in total. The van der Waals surface area contributed by atoms with Crippen LogP contribution in [0.25, 0.3) is 5.65 Å². The number of amides is 1. The first kappa shape index (κ1) is 16.1. The molecule has 4 rings (SSSR count). The Morgan fingerprint density at radius 3 is 2.65 bits per heavy atom. The summed E-state index contributed by atoms with van der Waals surface area (Å²) in [6.07, 6.45) is 4.67. The summed E-state index contributed by atoms with van der Waals surface area (Å²) in [5.74, 6) is -1.74. The molecule has 0 saturated heterocycles. The summed E-state index contributed by atoms with van der Waals surface area (Å²) in [7, 11) is 1.54. The summed E-state index contributed by atoms with van der Waals surface area (Å²) in [5, 5.41) is 9.73. The van der Waals surface area contributed by atoms with Crippen LogP contribution in [0.15, 0.2) is 41.9 Å². The third-order valence-electron chi connectivity index (χ3n) is 4.38. The topological polar surface area (TPSA) is 92.8 Å². The molecular formula is C18H16N6O2. The maximum atomic E-state index is 13.2. The maximum absolute atomic E-state index is 13.2. The van der Waals surface area contributed by atoms with Crippen molar-refractivity contribution >= 4 is 23.0 Å². The van der Waals surface area contributed by atoms with Gasteiger partial charge < -0.3 is 0 Å². The Kier molecular flexibility index (Phi) is 3.61. The first-order valence-electron chi connectivity index (χ1n) is 8.10. The van der Waals surface area contributed by atoms with Crippen molar-refractivity contribution in [1.82, 2.24) is 24.6 Å². The van der Waals surface area contributed by atoms with Crippen LogP contribution in [0.2, 0.25) is 0 Å². The van der Waals surface area contributed by atoms with Crippen LogP contribution in [-0.4, -0.2) is 49.0 Å². The number of hydrogen-bond donors (Lipinski definition) is 0. The summed E-state index contributed by atoms with van der Waals surface area (Å²) < 4.78 is 1.60. The van der Waals surface area contributed by atoms with Gasteiger partial charge in [0.15, 0.2) is 11.4 Å². The largest absolute Gasteiger partial charge is 0.293 e. The number of ketones is 1. The zero-order valence-electron chi connectivity index (χ0n) is 14.5. The number of aryl methyl sites for hydroxylation is 2. The van der Waals surface area contributed by atoms with Crippen molar-refractivity contribution in [2.75, 3.05) is 7.05 Å². The van der Waals surface area contributed by atoms with Crippen LogP contribution >= 0.6 is 0 Å². The van der Waals surface area contributed by atoms with Crippen LogP contribution in [0.1, 0.15) is 27.3 Å². The van der Waals surface area contributed by atoms with Gasteiger partial charge in [0.1, 0.15) is 5.92 Å². The molecule has 1 atom stereocenters. The summed E-state index contributed by atoms with van der Waals surface area (Å²) in [6.45, 7) is 3.74. The predicted molar refractivity (Wildman–Crippen MR) is 93.8 cm³/mol. The van der Waals surface area contributed by atoms with Crippen molar-refractivity contribution in [1.29, 1.82) is 0 Å². The van der Waals surface area contributed by atoms with E-state index in [2.05, 4.69) is 20.2 Å². The van der Waals surface area contributed by atoms with Gasteiger partial charge >= 0.3 is 0 Å². The number of aromatic nitrogens is 4. The van der Waals surface area contributed by atoms with E-state index in [9.17, 15) is 9.59 Å². The van der Waals surface area contributed by atoms with Crippen molar-refractivity contribution in [3.63, 3.8) is 0 Å². The van der Waals surface area contributed by atoms with E-state index in [0.29, 0.717) is 22.5 Å². The SMILES string of the molecule is Cc1cc(C)n2ncc(C(=O)[C@H]3C(=O)N(C)N=C3c3ccncc3)c2n1. The van der Waals surface area contributed by atoms with Crippen molar-refractivity contribution < 1.29 is 9.59 Å². The molecule has 0 unspecified atom stereocenters. The Bertz CT molecular complexity index is 1070. The van der Waals surface area contributed by atoms with Crippen LogP contribution in [0, 0.1) is 19.8 Å². The molecule has 0 aliphatic carbocycles. The van der Waals surface area contributed by atoms with Gasteiger partial charge in [0.05, 0.1) is 17.5 Å². The zero-order valence-corrected chi connectivity index (χ0v) is 14.5. The second kappa shape index (κ2) is 5.83. The molecule has 0 saturated carbocycles. The van der Waals surface area contributed by atoms with Gasteiger partial charge in [-0.15, -0.1) is 0 Å². The molecule has 4 heterocycles. The Hall–Kier alpha value is -3.42. The molecule has 0 spiro atoms. The monoisotopic (exact) mass is 348 g/mol. The first-order chi connectivity index (χ1) is 12.5. The van der Waals surface area contributed by atoms with Crippen molar-refractivity contribution in [2.45, 2.75) is 13.8 Å². The molecule has 1 aliphatic rings. The van der Waals surface area contributed by atoms with Gasteiger partial charge in [-0.1, -0.05) is 0 Å². The molecule has 0 radical (unpaired) electrons. The molecule has 0 bridgehead atoms. The lowest BCUT2D eigenvalue weighted by molar-refractivity contribution is -0.129. The third-order valence-corrected chi connectivity index (χ3v) is 4.38. The van der Waals surface area contributed by atoms with Gasteiger partial charge in [0.2, 0.25) is 0 Å². The Morgan fingerprint density at radius 2 is 1.92 bits per heavy atom. The van der Waals surface area contributed by atoms with E-state index in [0.717, 1.165) is 11.4 Å². The Balaban J connectivity index is 1.83. The number of nitrogens with zero attached hydrogens (tertiary/aromatic N) is 6. The van der Waals surface area contributed by atoms with Gasteiger partial charge in [-0.3, -0.25) is 14.6 Å². The van der Waals surface area contributed by atoms with Crippen molar-refractivity contribution in [3.05, 3.63) is 59.3 Å². The molecule has 1 amide bonds. The molecule has 1 aliphatic heterocycles. The highest BCUT2D eigenvalue weighted by atomic mass is 16.2. The second-order valence-electron chi connectivity index (χ2n) is 6.21. The molecule has 130 valence electrons. The quantitative estimate of drug-likeness (QED) is 0.527. The normalized spacial score (nSPS) is 17.0. The van der Waals surface area contributed by atoms with Crippen LogP contribution < -0.4 is 0 Å². The van der Waals surface area contributed by atoms with Crippen molar-refractivity contribution in [3.8, 4) is 0 Å². The van der Waals surface area contributed by atoms with E-state index in [4.69, 9.17) is 0 Å². The number of rotatable bonds is 3. The minimum atomic E-state index is -1.02. The van der Waals surface area contributed by atoms with Gasteiger partial charge in [0, 0.05) is 36.4 Å². The molecular weight excluding hydrogens is 332 g/mol. The van der Waals surface area contributed by atoms with E-state index in [-0.39, 0.29) is 11.7 Å². The number of Topliss-reactive ketones (excluding diaryl/α,β-unsaturated/α-hetero) is 1. The third kappa shape index (κ3) is 2.38. The lowest BCUT2D eigenvalue weighted by atomic mass is 9.90. The Labute approximate surface area is 149 Å². The average molecular weight is 348 g/mol. The highest BCUT2D eigenvalue weighted by molar-refractivity contribution is 6.32. The molecule has 0 fully saturated rings. The van der Waals surface area contributed by atoms with Crippen LogP contribution in [0.5, 0.6) is 0 Å². The first-order valence-corrected chi connectivity index (χ1v) is 8.10. The molecule has 8 heteroatoms. The van der Waals surface area contributed by atoms with E-state index >= 15 is 0 Å². The average Bonchev–Trinajstić information content (AvgIpc) is 3.17. The number of fused-ring (bicyclic) bond motifs is 1. The molecule has 26 heavy (non-hydrogen) atoms. The fourth-order valence-corrected chi connectivity index (χ4v) is 3.16. The number of carbonyl (C=O) groups excluding carboxylic acids is 2. The second-order valence-corrected chi connectivity index (χ2v) is 6.21. The highest BCUT2D eigenvalue weighted by Crippen LogP contribution is 2.25. The van der Waals surface area contributed by atoms with Crippen molar-refractivity contribution in [2.24, 2.45) is 11.0 Å².